The van der Waals surface area contributed by atoms with E-state index in [0.29, 0.717) is 0 Å². The van der Waals surface area contributed by atoms with Crippen molar-refractivity contribution in [2.45, 2.75) is 0 Å². The third-order valence-electron chi connectivity index (χ3n) is 12.4. The quantitative estimate of drug-likeness (QED) is 0.173. The second-order valence-electron chi connectivity index (χ2n) is 15.3. The average molecular weight is 709 g/mol. The Morgan fingerprint density at radius 2 is 0.750 bits per heavy atom. The number of nitrogens with zero attached hydrogens (tertiary/aromatic N) is 2. The Bertz CT molecular complexity index is 3640. The van der Waals surface area contributed by atoms with Crippen LogP contribution >= 0.6 is 0 Å². The molecule has 0 aliphatic heterocycles. The number of hydrogen-bond acceptors (Lipinski definition) is 0. The molecule has 2 aromatic heterocycles. The molecule has 0 bridgehead atoms. The molecule has 13 rings (SSSR count). The first-order chi connectivity index (χ1) is 27.8. The fraction of sp³-hybridized carbons (Fsp3) is 0. The van der Waals surface area contributed by atoms with Gasteiger partial charge in [-0.05, 0) is 126 Å². The summed E-state index contributed by atoms with van der Waals surface area (Å²) in [6, 6.07) is 72.1. The normalized spacial score (nSPS) is 12.3. The highest BCUT2D eigenvalue weighted by atomic mass is 15.0. The number of fused-ring (bicyclic) bond motifs is 13. The highest BCUT2D eigenvalue weighted by molar-refractivity contribution is 6.24. The van der Waals surface area contributed by atoms with Crippen molar-refractivity contribution in [1.29, 1.82) is 0 Å². The maximum atomic E-state index is 2.49. The van der Waals surface area contributed by atoms with Gasteiger partial charge in [0.15, 0.2) is 0 Å². The van der Waals surface area contributed by atoms with Crippen molar-refractivity contribution in [2.75, 3.05) is 0 Å². The van der Waals surface area contributed by atoms with Crippen molar-refractivity contribution in [2.24, 2.45) is 0 Å². The van der Waals surface area contributed by atoms with Crippen LogP contribution in [0.2, 0.25) is 0 Å². The summed E-state index contributed by atoms with van der Waals surface area (Å²) < 4.78 is 4.91. The van der Waals surface area contributed by atoms with Crippen LogP contribution in [0.4, 0.5) is 0 Å². The number of hydrogen-bond donors (Lipinski definition) is 0. The maximum absolute atomic E-state index is 2.49. The van der Waals surface area contributed by atoms with Crippen molar-refractivity contribution in [3.05, 3.63) is 194 Å². The molecule has 56 heavy (non-hydrogen) atoms. The molecular formula is C54H32N2. The van der Waals surface area contributed by atoms with E-state index in [4.69, 9.17) is 0 Å². The van der Waals surface area contributed by atoms with E-state index in [0.717, 1.165) is 0 Å². The first-order valence-corrected chi connectivity index (χ1v) is 19.4. The summed E-state index contributed by atoms with van der Waals surface area (Å²) in [5.41, 5.74) is 14.9. The summed E-state index contributed by atoms with van der Waals surface area (Å²) >= 11 is 0. The molecule has 2 heteroatoms. The van der Waals surface area contributed by atoms with E-state index in [9.17, 15) is 0 Å². The van der Waals surface area contributed by atoms with Crippen LogP contribution in [-0.2, 0) is 0 Å². The molecule has 0 unspecified atom stereocenters. The molecule has 0 fully saturated rings. The molecule has 0 amide bonds. The first-order valence-electron chi connectivity index (χ1n) is 19.4. The predicted octanol–water partition coefficient (Wildman–Crippen LogP) is 14.7. The van der Waals surface area contributed by atoms with Gasteiger partial charge in [0.1, 0.15) is 0 Å². The predicted molar refractivity (Wildman–Crippen MR) is 238 cm³/mol. The van der Waals surface area contributed by atoms with E-state index in [1.54, 1.807) is 0 Å². The van der Waals surface area contributed by atoms with Crippen LogP contribution < -0.4 is 0 Å². The smallest absolute Gasteiger partial charge is 0.0547 e. The Hall–Kier alpha value is -7.42. The summed E-state index contributed by atoms with van der Waals surface area (Å²) in [7, 11) is 0. The maximum Gasteiger partial charge on any atom is 0.0547 e. The van der Waals surface area contributed by atoms with Crippen molar-refractivity contribution in [3.8, 4) is 44.8 Å². The van der Waals surface area contributed by atoms with Gasteiger partial charge >= 0.3 is 0 Å². The van der Waals surface area contributed by atoms with Gasteiger partial charge in [0.05, 0.1) is 22.1 Å². The molecule has 10 aromatic carbocycles. The molecule has 0 N–H and O–H groups in total. The van der Waals surface area contributed by atoms with Crippen LogP contribution in [-0.4, -0.2) is 9.13 Å². The lowest BCUT2D eigenvalue weighted by molar-refractivity contribution is 1.18. The molecule has 2 heterocycles. The lowest BCUT2D eigenvalue weighted by atomic mass is 9.98. The second-order valence-corrected chi connectivity index (χ2v) is 15.3. The van der Waals surface area contributed by atoms with Crippen molar-refractivity contribution in [3.63, 3.8) is 0 Å². The van der Waals surface area contributed by atoms with E-state index in [2.05, 4.69) is 203 Å². The van der Waals surface area contributed by atoms with Gasteiger partial charge in [-0.25, -0.2) is 0 Å². The monoisotopic (exact) mass is 708 g/mol. The Kier molecular flexibility index (Phi) is 5.92. The van der Waals surface area contributed by atoms with Crippen LogP contribution in [0.5, 0.6) is 0 Å². The summed E-state index contributed by atoms with van der Waals surface area (Å²) in [5, 5.41) is 12.8. The number of para-hydroxylation sites is 1. The summed E-state index contributed by atoms with van der Waals surface area (Å²) in [4.78, 5) is 0. The molecule has 0 saturated heterocycles. The van der Waals surface area contributed by atoms with Gasteiger partial charge in [-0.1, -0.05) is 133 Å². The van der Waals surface area contributed by atoms with Crippen LogP contribution in [0.25, 0.3) is 121 Å². The number of aromatic nitrogens is 2. The molecule has 12 aromatic rings. The topological polar surface area (TPSA) is 9.86 Å². The van der Waals surface area contributed by atoms with Gasteiger partial charge < -0.3 is 9.13 Å². The van der Waals surface area contributed by atoms with Crippen LogP contribution in [0, 0.1) is 0 Å². The molecule has 0 radical (unpaired) electrons. The molecule has 1 aliphatic rings. The SMILES string of the molecule is c1ccc(-n2c3ccc(-c4ccc5c(c4)c4c6ccccc6ccc4n5-c4cc5c6c(cccc6c4)-c4ccccc4-5)cc3c3c4ccccc4ccc32)cc1. The van der Waals surface area contributed by atoms with E-state index in [1.807, 2.05) is 0 Å². The Balaban J connectivity index is 1.08. The summed E-state index contributed by atoms with van der Waals surface area (Å²) in [5.74, 6) is 0. The zero-order valence-electron chi connectivity index (χ0n) is 30.4. The van der Waals surface area contributed by atoms with Gasteiger partial charge in [0, 0.05) is 32.9 Å². The van der Waals surface area contributed by atoms with E-state index >= 15 is 0 Å². The zero-order valence-corrected chi connectivity index (χ0v) is 30.4. The molecule has 0 atom stereocenters. The zero-order chi connectivity index (χ0) is 36.5. The van der Waals surface area contributed by atoms with Crippen LogP contribution in [0.15, 0.2) is 194 Å². The fourth-order valence-corrected chi connectivity index (χ4v) is 10.0. The molecular weight excluding hydrogens is 677 g/mol. The number of benzene rings is 10. The Labute approximate surface area is 322 Å². The third kappa shape index (κ3) is 4.00. The minimum atomic E-state index is 1.17. The molecule has 0 spiro atoms. The number of rotatable bonds is 3. The highest BCUT2D eigenvalue weighted by Crippen LogP contribution is 2.49. The van der Waals surface area contributed by atoms with Gasteiger partial charge in [-0.2, -0.15) is 0 Å². The Morgan fingerprint density at radius 1 is 0.250 bits per heavy atom. The highest BCUT2D eigenvalue weighted by Gasteiger charge is 2.24. The Morgan fingerprint density at radius 3 is 1.39 bits per heavy atom. The van der Waals surface area contributed by atoms with Gasteiger partial charge in [-0.15, -0.1) is 0 Å². The third-order valence-corrected chi connectivity index (χ3v) is 12.4. The van der Waals surface area contributed by atoms with Gasteiger partial charge in [0.25, 0.3) is 0 Å². The van der Waals surface area contributed by atoms with Gasteiger partial charge in [0.2, 0.25) is 0 Å². The average Bonchev–Trinajstić information content (AvgIpc) is 3.90. The fourth-order valence-electron chi connectivity index (χ4n) is 10.0. The van der Waals surface area contributed by atoms with Crippen molar-refractivity contribution >= 4 is 75.9 Å². The lowest BCUT2D eigenvalue weighted by Gasteiger charge is -2.12. The molecule has 0 saturated carbocycles. The van der Waals surface area contributed by atoms with E-state index in [-0.39, 0.29) is 0 Å². The summed E-state index contributed by atoms with van der Waals surface area (Å²) in [6.07, 6.45) is 0. The van der Waals surface area contributed by atoms with Crippen molar-refractivity contribution in [1.82, 2.24) is 9.13 Å². The van der Waals surface area contributed by atoms with Crippen LogP contribution in [0.3, 0.4) is 0 Å². The van der Waals surface area contributed by atoms with E-state index < -0.39 is 0 Å². The van der Waals surface area contributed by atoms with Crippen LogP contribution in [0.1, 0.15) is 0 Å². The minimum Gasteiger partial charge on any atom is -0.309 e. The molecule has 258 valence electrons. The first kappa shape index (κ1) is 30.0. The van der Waals surface area contributed by atoms with Crippen molar-refractivity contribution < 1.29 is 0 Å². The summed E-state index contributed by atoms with van der Waals surface area (Å²) in [6.45, 7) is 0. The lowest BCUT2D eigenvalue weighted by Crippen LogP contribution is -1.95. The second kappa shape index (κ2) is 11.1. The largest absolute Gasteiger partial charge is 0.309 e. The molecule has 1 aliphatic carbocycles. The van der Waals surface area contributed by atoms with E-state index in [1.165, 1.54) is 121 Å². The minimum absolute atomic E-state index is 1.17. The van der Waals surface area contributed by atoms with Gasteiger partial charge in [-0.3, -0.25) is 0 Å². The molecule has 2 nitrogen and oxygen atoms in total. The standard InChI is InChI=1S/C54H32N2/c1-2-14-38(15-3-1)55-48-25-23-35(30-46(48)53-40-16-6-4-11-33(40)21-27-50(53)55)36-24-26-49-47(31-36)54-41-17-7-5-12-34(41)22-28-51(54)56(49)39-29-37-13-10-20-44-42-18-8-9-19-43(42)45(32-39)52(37)44/h1-32H.